The van der Waals surface area contributed by atoms with Crippen molar-refractivity contribution in [2.45, 2.75) is 333 Å². The topological polar surface area (TPSA) is 175 Å². The second-order valence-corrected chi connectivity index (χ2v) is 21.1. The average molecular weight is 1010 g/mol. The summed E-state index contributed by atoms with van der Waals surface area (Å²) in [6.45, 7) is 5.79. The molecule has 0 saturated carbocycles. The quantitative estimate of drug-likeness (QED) is 0.0195. The maximum Gasteiger partial charge on any atom is 0.306 e. The molecular weight excluding hydrogens is 895 g/mol. The molecule has 0 aromatic carbocycles. The molecule has 0 aliphatic carbocycles. The molecule has 1 aliphatic heterocycles. The van der Waals surface area contributed by atoms with Crippen LogP contribution in [0.15, 0.2) is 24.3 Å². The maximum atomic E-state index is 13.4. The van der Waals surface area contributed by atoms with Gasteiger partial charge in [-0.15, -0.1) is 0 Å². The lowest BCUT2D eigenvalue weighted by Crippen LogP contribution is -2.61. The second kappa shape index (κ2) is 49.0. The van der Waals surface area contributed by atoms with Gasteiger partial charge in [0.2, 0.25) is 5.91 Å². The summed E-state index contributed by atoms with van der Waals surface area (Å²) in [6, 6.07) is -1.02. The Morgan fingerprint density at radius 2 is 0.930 bits per heavy atom. The first-order valence-corrected chi connectivity index (χ1v) is 30.1. The van der Waals surface area contributed by atoms with E-state index in [-0.39, 0.29) is 19.4 Å². The van der Waals surface area contributed by atoms with Crippen molar-refractivity contribution in [3.63, 3.8) is 0 Å². The van der Waals surface area contributed by atoms with Gasteiger partial charge in [-0.25, -0.2) is 0 Å². The fourth-order valence-electron chi connectivity index (χ4n) is 9.53. The third kappa shape index (κ3) is 37.5. The zero-order valence-electron chi connectivity index (χ0n) is 46.1. The van der Waals surface area contributed by atoms with Crippen LogP contribution in [0.25, 0.3) is 0 Å². The monoisotopic (exact) mass is 1010 g/mol. The van der Waals surface area contributed by atoms with E-state index in [9.17, 15) is 35.1 Å². The first-order chi connectivity index (χ1) is 34.7. The average Bonchev–Trinajstić information content (AvgIpc) is 3.37. The molecule has 418 valence electrons. The van der Waals surface area contributed by atoms with Crippen molar-refractivity contribution >= 4 is 11.9 Å². The van der Waals surface area contributed by atoms with Gasteiger partial charge in [0, 0.05) is 6.42 Å². The third-order valence-electron chi connectivity index (χ3n) is 14.4. The van der Waals surface area contributed by atoms with Gasteiger partial charge in [0.05, 0.1) is 25.4 Å². The number of aliphatic hydroxyl groups excluding tert-OH is 5. The maximum absolute atomic E-state index is 13.4. The van der Waals surface area contributed by atoms with Crippen molar-refractivity contribution in [2.24, 2.45) is 0 Å². The normalized spacial score (nSPS) is 19.7. The van der Waals surface area contributed by atoms with Crippen LogP contribution in [-0.2, 0) is 23.8 Å². The number of hydrogen-bond acceptors (Lipinski definition) is 10. The molecule has 11 heteroatoms. The number of esters is 1. The molecule has 1 amide bonds. The van der Waals surface area contributed by atoms with Crippen molar-refractivity contribution in [3.8, 4) is 0 Å². The van der Waals surface area contributed by atoms with E-state index in [4.69, 9.17) is 14.2 Å². The molecule has 1 fully saturated rings. The Morgan fingerprint density at radius 1 is 0.535 bits per heavy atom. The number of unbranched alkanes of at least 4 members (excludes halogenated alkanes) is 35. The number of hydrogen-bond donors (Lipinski definition) is 6. The highest BCUT2D eigenvalue weighted by Gasteiger charge is 2.47. The zero-order valence-corrected chi connectivity index (χ0v) is 46.1. The van der Waals surface area contributed by atoms with E-state index in [1.807, 2.05) is 6.08 Å². The lowest BCUT2D eigenvalue weighted by Gasteiger charge is -2.41. The van der Waals surface area contributed by atoms with Gasteiger partial charge >= 0.3 is 5.97 Å². The molecule has 0 aromatic heterocycles. The Balaban J connectivity index is 2.71. The van der Waals surface area contributed by atoms with Crippen LogP contribution < -0.4 is 5.32 Å². The minimum atomic E-state index is -1.61. The van der Waals surface area contributed by atoms with Crippen molar-refractivity contribution in [1.29, 1.82) is 0 Å². The van der Waals surface area contributed by atoms with Gasteiger partial charge in [-0.1, -0.05) is 251 Å². The molecule has 0 spiro atoms. The van der Waals surface area contributed by atoms with Crippen LogP contribution in [-0.4, -0.2) is 99.6 Å². The molecular formula is C60H113NO10. The Bertz CT molecular complexity index is 1250. The number of allylic oxidation sites excluding steroid dienone is 3. The van der Waals surface area contributed by atoms with E-state index in [2.05, 4.69) is 38.2 Å². The predicted molar refractivity (Wildman–Crippen MR) is 292 cm³/mol. The van der Waals surface area contributed by atoms with Gasteiger partial charge in [0.25, 0.3) is 0 Å². The number of aliphatic hydroxyl groups is 5. The van der Waals surface area contributed by atoms with Crippen molar-refractivity contribution in [1.82, 2.24) is 5.32 Å². The van der Waals surface area contributed by atoms with Gasteiger partial charge in [-0.05, 0) is 51.4 Å². The van der Waals surface area contributed by atoms with Crippen LogP contribution in [0.2, 0.25) is 0 Å². The van der Waals surface area contributed by atoms with E-state index in [0.717, 1.165) is 70.6 Å². The first-order valence-electron chi connectivity index (χ1n) is 30.1. The number of ether oxygens (including phenoxy) is 3. The highest BCUT2D eigenvalue weighted by atomic mass is 16.7. The van der Waals surface area contributed by atoms with Gasteiger partial charge in [-0.3, -0.25) is 9.59 Å². The summed E-state index contributed by atoms with van der Waals surface area (Å²) in [4.78, 5) is 26.5. The van der Waals surface area contributed by atoms with E-state index in [1.54, 1.807) is 6.08 Å². The molecule has 1 aliphatic rings. The molecule has 1 rings (SSSR count). The second-order valence-electron chi connectivity index (χ2n) is 21.1. The number of carbonyl (C=O) groups is 2. The van der Waals surface area contributed by atoms with Gasteiger partial charge in [-0.2, -0.15) is 0 Å². The zero-order chi connectivity index (χ0) is 51.8. The largest absolute Gasteiger partial charge is 0.454 e. The Labute approximate surface area is 435 Å². The van der Waals surface area contributed by atoms with E-state index < -0.39 is 67.4 Å². The highest BCUT2D eigenvalue weighted by Crippen LogP contribution is 2.26. The van der Waals surface area contributed by atoms with Crippen LogP contribution in [0.4, 0.5) is 0 Å². The molecule has 8 unspecified atom stereocenters. The fourth-order valence-corrected chi connectivity index (χ4v) is 9.53. The molecule has 1 heterocycles. The Kier molecular flexibility index (Phi) is 46.4. The molecule has 0 radical (unpaired) electrons. The lowest BCUT2D eigenvalue weighted by molar-refractivity contribution is -0.305. The summed E-state index contributed by atoms with van der Waals surface area (Å²) in [5, 5.41) is 56.9. The summed E-state index contributed by atoms with van der Waals surface area (Å²) in [5.74, 6) is -1.19. The first kappa shape index (κ1) is 67.2. The summed E-state index contributed by atoms with van der Waals surface area (Å²) in [7, 11) is 0. The highest BCUT2D eigenvalue weighted by molar-refractivity contribution is 5.80. The van der Waals surface area contributed by atoms with E-state index in [0.29, 0.717) is 12.8 Å². The molecule has 71 heavy (non-hydrogen) atoms. The molecule has 1 saturated heterocycles. The standard InChI is InChI=1S/C60H113NO10/c1-4-7-10-13-16-19-22-25-27-28-29-32-35-38-41-44-47-53(64)59(68)61-51(52(63)46-43-40-37-34-31-24-21-18-15-12-9-6-3)50-69-60-58(57(67)56(66)54(49-62)70-60)71-55(65)48-45-42-39-36-33-30-26-23-20-17-14-11-8-5-2/h25,27,43,46,51-54,56-58,60,62-64,66-67H,4-24,26,28-42,44-45,47-50H2,1-3H3,(H,61,68)/b27-25+,46-43+. The van der Waals surface area contributed by atoms with Crippen molar-refractivity contribution in [3.05, 3.63) is 24.3 Å². The van der Waals surface area contributed by atoms with Crippen LogP contribution in [0.3, 0.4) is 0 Å². The molecule has 6 N–H and O–H groups in total. The summed E-state index contributed by atoms with van der Waals surface area (Å²) < 4.78 is 17.6. The number of rotatable bonds is 51. The molecule has 0 aromatic rings. The number of amides is 1. The minimum absolute atomic E-state index is 0.129. The van der Waals surface area contributed by atoms with Crippen LogP contribution in [0.1, 0.15) is 284 Å². The fraction of sp³-hybridized carbons (Fsp3) is 0.900. The SMILES string of the molecule is CCCCCCCC/C=C/CCCCCCCCC(O)C(=O)NC(COC1OC(CO)C(O)C(O)C1OC(=O)CCCCCCCCCCCCCCCC)C(O)/C=C/CCCCCCCCCCCC. The molecule has 11 nitrogen and oxygen atoms in total. The summed E-state index contributed by atoms with van der Waals surface area (Å²) in [6.07, 6.45) is 45.0. The van der Waals surface area contributed by atoms with Crippen LogP contribution >= 0.6 is 0 Å². The number of nitrogens with one attached hydrogen (secondary N) is 1. The summed E-state index contributed by atoms with van der Waals surface area (Å²) >= 11 is 0. The Hall–Kier alpha value is -1.86. The lowest BCUT2D eigenvalue weighted by atomic mass is 9.99. The van der Waals surface area contributed by atoms with Gasteiger partial charge in [0.1, 0.15) is 24.4 Å². The van der Waals surface area contributed by atoms with Gasteiger partial charge < -0.3 is 45.1 Å². The van der Waals surface area contributed by atoms with Crippen molar-refractivity contribution in [2.75, 3.05) is 13.2 Å². The number of carbonyl (C=O) groups excluding carboxylic acids is 2. The summed E-state index contributed by atoms with van der Waals surface area (Å²) in [5.41, 5.74) is 0. The van der Waals surface area contributed by atoms with Crippen LogP contribution in [0, 0.1) is 0 Å². The van der Waals surface area contributed by atoms with E-state index >= 15 is 0 Å². The van der Waals surface area contributed by atoms with Crippen molar-refractivity contribution < 1.29 is 49.3 Å². The third-order valence-corrected chi connectivity index (χ3v) is 14.4. The van der Waals surface area contributed by atoms with E-state index in [1.165, 1.54) is 167 Å². The van der Waals surface area contributed by atoms with Crippen LogP contribution in [0.5, 0.6) is 0 Å². The molecule has 0 bridgehead atoms. The Morgan fingerprint density at radius 3 is 1.37 bits per heavy atom. The van der Waals surface area contributed by atoms with Gasteiger partial charge in [0.15, 0.2) is 12.4 Å². The smallest absolute Gasteiger partial charge is 0.306 e. The minimum Gasteiger partial charge on any atom is -0.454 e. The molecule has 8 atom stereocenters. The predicted octanol–water partition coefficient (Wildman–Crippen LogP) is 13.7.